The van der Waals surface area contributed by atoms with Gasteiger partial charge in [-0.25, -0.2) is 4.98 Å². The topological polar surface area (TPSA) is 69.5 Å². The highest BCUT2D eigenvalue weighted by Gasteiger charge is 2.18. The summed E-state index contributed by atoms with van der Waals surface area (Å²) in [6.07, 6.45) is 0. The molecule has 0 bridgehead atoms. The normalized spacial score (nSPS) is 15.4. The average Bonchev–Trinajstić information content (AvgIpc) is 3.39. The van der Waals surface area contributed by atoms with Crippen molar-refractivity contribution in [2.24, 2.45) is 0 Å². The quantitative estimate of drug-likeness (QED) is 0.578. The Hall–Kier alpha value is -2.97. The molecule has 7 nitrogen and oxygen atoms in total. The molecule has 3 aromatic heterocycles. The Kier molecular flexibility index (Phi) is 4.42. The van der Waals surface area contributed by atoms with Crippen molar-refractivity contribution in [2.75, 3.05) is 31.1 Å². The van der Waals surface area contributed by atoms with Crippen molar-refractivity contribution < 1.29 is 0 Å². The molecule has 1 aromatic carbocycles. The summed E-state index contributed by atoms with van der Waals surface area (Å²) in [5.41, 5.74) is 1.90. The fourth-order valence-electron chi connectivity index (χ4n) is 3.56. The highest BCUT2D eigenvalue weighted by Crippen LogP contribution is 2.21. The second kappa shape index (κ2) is 7.21. The third kappa shape index (κ3) is 3.32. The average molecular weight is 392 g/mol. The van der Waals surface area contributed by atoms with Gasteiger partial charge in [0.1, 0.15) is 0 Å². The van der Waals surface area contributed by atoms with E-state index in [4.69, 9.17) is 0 Å². The molecule has 1 aliphatic heterocycles. The van der Waals surface area contributed by atoms with Crippen molar-refractivity contribution in [3.63, 3.8) is 0 Å². The molecule has 0 amide bonds. The third-order valence-corrected chi connectivity index (χ3v) is 5.89. The van der Waals surface area contributed by atoms with Crippen molar-refractivity contribution in [1.29, 1.82) is 0 Å². The van der Waals surface area contributed by atoms with Crippen LogP contribution >= 0.6 is 11.3 Å². The first-order chi connectivity index (χ1) is 13.8. The number of piperazine rings is 1. The van der Waals surface area contributed by atoms with Gasteiger partial charge in [0, 0.05) is 44.5 Å². The van der Waals surface area contributed by atoms with E-state index < -0.39 is 0 Å². The first kappa shape index (κ1) is 17.2. The van der Waals surface area contributed by atoms with Gasteiger partial charge in [0.15, 0.2) is 5.82 Å². The predicted octanol–water partition coefficient (Wildman–Crippen LogP) is 2.47. The summed E-state index contributed by atoms with van der Waals surface area (Å²) < 4.78 is 1.41. The number of rotatable bonds is 4. The Morgan fingerprint density at radius 1 is 1.00 bits per heavy atom. The fourth-order valence-corrected chi connectivity index (χ4v) is 4.23. The van der Waals surface area contributed by atoms with Gasteiger partial charge in [0.05, 0.1) is 10.6 Å². The molecule has 0 unspecified atom stereocenters. The van der Waals surface area contributed by atoms with E-state index in [1.807, 2.05) is 23.6 Å². The van der Waals surface area contributed by atoms with Crippen LogP contribution in [0.2, 0.25) is 0 Å². The van der Waals surface area contributed by atoms with E-state index in [0.717, 1.165) is 36.8 Å². The van der Waals surface area contributed by atoms with Crippen LogP contribution in [0.1, 0.15) is 5.69 Å². The highest BCUT2D eigenvalue weighted by atomic mass is 32.1. The van der Waals surface area contributed by atoms with Gasteiger partial charge in [-0.15, -0.1) is 11.3 Å². The van der Waals surface area contributed by atoms with Gasteiger partial charge in [0.25, 0.3) is 11.3 Å². The lowest BCUT2D eigenvalue weighted by molar-refractivity contribution is 0.247. The van der Waals surface area contributed by atoms with Crippen molar-refractivity contribution in [1.82, 2.24) is 24.5 Å². The van der Waals surface area contributed by atoms with E-state index in [1.165, 1.54) is 10.2 Å². The molecule has 4 aromatic rings. The number of anilines is 1. The van der Waals surface area contributed by atoms with Gasteiger partial charge in [0.2, 0.25) is 0 Å². The summed E-state index contributed by atoms with van der Waals surface area (Å²) in [6, 6.07) is 16.0. The Morgan fingerprint density at radius 3 is 2.57 bits per heavy atom. The SMILES string of the molecule is O=c1cc(CN2CCN(c3ccccc3)CC2)nc2nc(-c3cccs3)[nH]n12. The summed E-state index contributed by atoms with van der Waals surface area (Å²) in [4.78, 5) is 27.3. The molecule has 0 aliphatic carbocycles. The lowest BCUT2D eigenvalue weighted by Gasteiger charge is -2.35. The molecule has 28 heavy (non-hydrogen) atoms. The zero-order chi connectivity index (χ0) is 18.9. The van der Waals surface area contributed by atoms with Crippen LogP contribution in [-0.4, -0.2) is 50.7 Å². The third-order valence-electron chi connectivity index (χ3n) is 5.02. The zero-order valence-electron chi connectivity index (χ0n) is 15.3. The Labute approximate surface area is 165 Å². The van der Waals surface area contributed by atoms with Crippen LogP contribution in [0.25, 0.3) is 16.5 Å². The monoisotopic (exact) mass is 392 g/mol. The lowest BCUT2D eigenvalue weighted by atomic mass is 10.2. The molecular weight excluding hydrogens is 372 g/mol. The minimum atomic E-state index is -0.127. The number of aromatic nitrogens is 4. The van der Waals surface area contributed by atoms with Crippen molar-refractivity contribution in [3.05, 3.63) is 70.0 Å². The largest absolute Gasteiger partial charge is 0.369 e. The summed E-state index contributed by atoms with van der Waals surface area (Å²) in [5.74, 6) is 1.10. The molecule has 1 N–H and O–H groups in total. The van der Waals surface area contributed by atoms with Crippen molar-refractivity contribution in [3.8, 4) is 10.7 Å². The standard InChI is InChI=1S/C20H20N6OS/c27-18-13-15(21-20-22-19(23-26(18)20)17-7-4-12-28-17)14-24-8-10-25(11-9-24)16-5-2-1-3-6-16/h1-7,12-13H,8-11,14H2,(H,21,22,23). The number of aromatic amines is 1. The molecular formula is C20H20N6OS. The highest BCUT2D eigenvalue weighted by molar-refractivity contribution is 7.13. The molecule has 1 aliphatic rings. The van der Waals surface area contributed by atoms with E-state index >= 15 is 0 Å². The van der Waals surface area contributed by atoms with Gasteiger partial charge < -0.3 is 4.90 Å². The second-order valence-corrected chi connectivity index (χ2v) is 7.82. The minimum Gasteiger partial charge on any atom is -0.369 e. The first-order valence-electron chi connectivity index (χ1n) is 9.31. The number of H-pyrrole nitrogens is 1. The second-order valence-electron chi connectivity index (χ2n) is 6.87. The van der Waals surface area contributed by atoms with Crippen molar-refractivity contribution in [2.45, 2.75) is 6.54 Å². The molecule has 4 heterocycles. The molecule has 0 saturated carbocycles. The van der Waals surface area contributed by atoms with Crippen LogP contribution in [0.5, 0.6) is 0 Å². The molecule has 0 spiro atoms. The van der Waals surface area contributed by atoms with Crippen LogP contribution in [0.3, 0.4) is 0 Å². The number of nitrogens with zero attached hydrogens (tertiary/aromatic N) is 5. The van der Waals surface area contributed by atoms with E-state index in [0.29, 0.717) is 18.1 Å². The summed E-state index contributed by atoms with van der Waals surface area (Å²) in [5, 5.41) is 5.03. The summed E-state index contributed by atoms with van der Waals surface area (Å²) in [7, 11) is 0. The number of fused-ring (bicyclic) bond motifs is 1. The van der Waals surface area contributed by atoms with E-state index in [2.05, 4.69) is 49.1 Å². The maximum absolute atomic E-state index is 12.5. The van der Waals surface area contributed by atoms with Crippen LogP contribution in [-0.2, 0) is 6.54 Å². The van der Waals surface area contributed by atoms with Gasteiger partial charge in [-0.2, -0.15) is 9.50 Å². The van der Waals surface area contributed by atoms with Crippen molar-refractivity contribution >= 4 is 22.8 Å². The molecule has 1 saturated heterocycles. The number of hydrogen-bond donors (Lipinski definition) is 1. The number of benzene rings is 1. The number of nitrogens with one attached hydrogen (secondary N) is 1. The smallest absolute Gasteiger partial charge is 0.274 e. The van der Waals surface area contributed by atoms with Gasteiger partial charge in [-0.3, -0.25) is 14.8 Å². The molecule has 0 atom stereocenters. The summed E-state index contributed by atoms with van der Waals surface area (Å²) >= 11 is 1.58. The Balaban J connectivity index is 1.31. The van der Waals surface area contributed by atoms with E-state index in [1.54, 1.807) is 17.4 Å². The Bertz CT molecular complexity index is 1130. The first-order valence-corrected chi connectivity index (χ1v) is 10.2. The van der Waals surface area contributed by atoms with Crippen LogP contribution in [0.15, 0.2) is 58.7 Å². The molecule has 8 heteroatoms. The van der Waals surface area contributed by atoms with Crippen LogP contribution in [0.4, 0.5) is 5.69 Å². The number of thiophene rings is 1. The van der Waals surface area contributed by atoms with Crippen LogP contribution in [0, 0.1) is 0 Å². The van der Waals surface area contributed by atoms with Gasteiger partial charge >= 0.3 is 0 Å². The predicted molar refractivity (Wildman–Crippen MR) is 111 cm³/mol. The molecule has 0 radical (unpaired) electrons. The number of para-hydroxylation sites is 1. The maximum atomic E-state index is 12.5. The number of hydrogen-bond acceptors (Lipinski definition) is 6. The van der Waals surface area contributed by atoms with Crippen LogP contribution < -0.4 is 10.5 Å². The fraction of sp³-hybridized carbons (Fsp3) is 0.250. The van der Waals surface area contributed by atoms with Gasteiger partial charge in [-0.1, -0.05) is 24.3 Å². The minimum absolute atomic E-state index is 0.127. The molecule has 5 rings (SSSR count). The molecule has 1 fully saturated rings. The maximum Gasteiger partial charge on any atom is 0.274 e. The zero-order valence-corrected chi connectivity index (χ0v) is 16.1. The Morgan fingerprint density at radius 2 is 1.82 bits per heavy atom. The summed E-state index contributed by atoms with van der Waals surface area (Å²) in [6.45, 7) is 4.48. The lowest BCUT2D eigenvalue weighted by Crippen LogP contribution is -2.46. The molecule has 142 valence electrons. The van der Waals surface area contributed by atoms with E-state index in [-0.39, 0.29) is 5.56 Å². The van der Waals surface area contributed by atoms with E-state index in [9.17, 15) is 4.79 Å². The van der Waals surface area contributed by atoms with Gasteiger partial charge in [-0.05, 0) is 23.6 Å².